The molecule has 0 bridgehead atoms. The molecule has 0 spiro atoms. The van der Waals surface area contributed by atoms with E-state index in [1.165, 1.54) is 31.3 Å². The van der Waals surface area contributed by atoms with E-state index in [-0.39, 0.29) is 12.6 Å². The smallest absolute Gasteiger partial charge is 0.331 e. The van der Waals surface area contributed by atoms with Crippen LogP contribution in [-0.2, 0) is 21.3 Å². The first-order valence-corrected chi connectivity index (χ1v) is 6.25. The topological polar surface area (TPSA) is 115 Å². The summed E-state index contributed by atoms with van der Waals surface area (Å²) in [4.78, 5) is 23.0. The van der Waals surface area contributed by atoms with Crippen molar-refractivity contribution in [1.29, 1.82) is 0 Å². The Kier molecular flexibility index (Phi) is 6.63. The van der Waals surface area contributed by atoms with E-state index in [0.717, 1.165) is 0 Å². The SMILES string of the molecule is COCC(CNC(=O)NC(C(=O)O)c1cnn(C)c1)OC. The Balaban J connectivity index is 2.55. The molecule has 0 fully saturated rings. The number of aliphatic carboxylic acids is 1. The average molecular weight is 300 g/mol. The third-order valence-electron chi connectivity index (χ3n) is 2.76. The molecule has 2 amide bonds. The second-order valence-corrected chi connectivity index (χ2v) is 4.39. The predicted octanol–water partition coefficient (Wildman–Crippen LogP) is -0.494. The zero-order valence-corrected chi connectivity index (χ0v) is 12.2. The van der Waals surface area contributed by atoms with E-state index in [1.54, 1.807) is 7.05 Å². The van der Waals surface area contributed by atoms with Gasteiger partial charge in [0.05, 0.1) is 18.9 Å². The van der Waals surface area contributed by atoms with Gasteiger partial charge in [-0.05, 0) is 0 Å². The normalized spacial score (nSPS) is 13.5. The van der Waals surface area contributed by atoms with Gasteiger partial charge in [-0.25, -0.2) is 9.59 Å². The number of carbonyl (C=O) groups is 2. The quantitative estimate of drug-likeness (QED) is 0.596. The highest BCUT2D eigenvalue weighted by molar-refractivity contribution is 5.83. The minimum atomic E-state index is -1.17. The van der Waals surface area contributed by atoms with Gasteiger partial charge in [-0.1, -0.05) is 0 Å². The molecule has 0 radical (unpaired) electrons. The number of rotatable bonds is 8. The van der Waals surface area contributed by atoms with Crippen LogP contribution in [0, 0.1) is 0 Å². The lowest BCUT2D eigenvalue weighted by Crippen LogP contribution is -2.44. The largest absolute Gasteiger partial charge is 0.479 e. The van der Waals surface area contributed by atoms with Crippen LogP contribution in [0.2, 0.25) is 0 Å². The van der Waals surface area contributed by atoms with Gasteiger partial charge in [0.2, 0.25) is 0 Å². The van der Waals surface area contributed by atoms with Crippen LogP contribution in [-0.4, -0.2) is 60.4 Å². The molecule has 0 saturated heterocycles. The number of urea groups is 1. The summed E-state index contributed by atoms with van der Waals surface area (Å²) in [5, 5.41) is 18.0. The summed E-state index contributed by atoms with van der Waals surface area (Å²) in [6.07, 6.45) is 2.62. The van der Waals surface area contributed by atoms with Crippen LogP contribution in [0.5, 0.6) is 0 Å². The molecular weight excluding hydrogens is 280 g/mol. The summed E-state index contributed by atoms with van der Waals surface area (Å²) in [6.45, 7) is 0.525. The maximum Gasteiger partial charge on any atom is 0.331 e. The standard InChI is InChI=1S/C12H20N4O5/c1-16-6-8(4-14-16)10(11(17)18)15-12(19)13-5-9(21-3)7-20-2/h4,6,9-10H,5,7H2,1-3H3,(H,17,18)(H2,13,15,19). The van der Waals surface area contributed by atoms with Gasteiger partial charge in [0.1, 0.15) is 0 Å². The molecule has 2 unspecified atom stereocenters. The van der Waals surface area contributed by atoms with E-state index in [9.17, 15) is 9.59 Å². The molecule has 1 rings (SSSR count). The van der Waals surface area contributed by atoms with E-state index >= 15 is 0 Å². The number of nitrogens with one attached hydrogen (secondary N) is 2. The van der Waals surface area contributed by atoms with Crippen molar-refractivity contribution in [3.05, 3.63) is 18.0 Å². The third kappa shape index (κ3) is 5.40. The van der Waals surface area contributed by atoms with Crippen LogP contribution in [0.3, 0.4) is 0 Å². The van der Waals surface area contributed by atoms with Crippen LogP contribution in [0.25, 0.3) is 0 Å². The molecule has 2 atom stereocenters. The molecule has 9 heteroatoms. The molecule has 0 saturated carbocycles. The number of carbonyl (C=O) groups excluding carboxylic acids is 1. The molecule has 1 heterocycles. The van der Waals surface area contributed by atoms with Crippen LogP contribution in [0.1, 0.15) is 11.6 Å². The van der Waals surface area contributed by atoms with Crippen molar-refractivity contribution >= 4 is 12.0 Å². The highest BCUT2D eigenvalue weighted by Gasteiger charge is 2.23. The van der Waals surface area contributed by atoms with Crippen molar-refractivity contribution < 1.29 is 24.2 Å². The number of nitrogens with zero attached hydrogens (tertiary/aromatic N) is 2. The molecule has 0 aliphatic heterocycles. The number of amides is 2. The summed E-state index contributed by atoms with van der Waals surface area (Å²) < 4.78 is 11.5. The number of ether oxygens (including phenoxy) is 2. The number of aromatic nitrogens is 2. The van der Waals surface area contributed by atoms with Gasteiger partial charge >= 0.3 is 12.0 Å². The number of carboxylic acids is 1. The zero-order chi connectivity index (χ0) is 15.8. The molecule has 0 aliphatic rings. The van der Waals surface area contributed by atoms with Crippen molar-refractivity contribution in [2.24, 2.45) is 7.05 Å². The third-order valence-corrected chi connectivity index (χ3v) is 2.76. The van der Waals surface area contributed by atoms with Gasteiger partial charge < -0.3 is 25.2 Å². The maximum absolute atomic E-state index is 11.8. The van der Waals surface area contributed by atoms with E-state index in [1.807, 2.05) is 0 Å². The molecule has 3 N–H and O–H groups in total. The summed E-state index contributed by atoms with van der Waals surface area (Å²) in [7, 11) is 4.68. The minimum absolute atomic E-state index is 0.204. The minimum Gasteiger partial charge on any atom is -0.479 e. The molecule has 1 aromatic heterocycles. The Labute approximate surface area is 122 Å². The fraction of sp³-hybridized carbons (Fsp3) is 0.583. The number of carboxylic acid groups (broad SMARTS) is 1. The summed E-state index contributed by atoms with van der Waals surface area (Å²) >= 11 is 0. The van der Waals surface area contributed by atoms with E-state index in [4.69, 9.17) is 14.6 Å². The van der Waals surface area contributed by atoms with E-state index in [0.29, 0.717) is 12.2 Å². The van der Waals surface area contributed by atoms with Crippen LogP contribution < -0.4 is 10.6 Å². The first kappa shape index (κ1) is 16.9. The van der Waals surface area contributed by atoms with Crippen LogP contribution in [0.15, 0.2) is 12.4 Å². The first-order chi connectivity index (χ1) is 9.97. The Morgan fingerprint density at radius 1 is 1.48 bits per heavy atom. The van der Waals surface area contributed by atoms with Gasteiger partial charge in [0.15, 0.2) is 6.04 Å². The lowest BCUT2D eigenvalue weighted by molar-refractivity contribution is -0.139. The second-order valence-electron chi connectivity index (χ2n) is 4.39. The average Bonchev–Trinajstić information content (AvgIpc) is 2.86. The van der Waals surface area contributed by atoms with E-state index in [2.05, 4.69) is 15.7 Å². The van der Waals surface area contributed by atoms with Crippen molar-refractivity contribution in [1.82, 2.24) is 20.4 Å². The molecule has 21 heavy (non-hydrogen) atoms. The monoisotopic (exact) mass is 300 g/mol. The summed E-state index contributed by atoms with van der Waals surface area (Å²) in [5.41, 5.74) is 0.389. The number of aryl methyl sites for hydroxylation is 1. The van der Waals surface area contributed by atoms with Crippen molar-refractivity contribution in [2.45, 2.75) is 12.1 Å². The summed E-state index contributed by atoms with van der Waals surface area (Å²) in [5.74, 6) is -1.17. The van der Waals surface area contributed by atoms with Gasteiger partial charge in [-0.15, -0.1) is 0 Å². The Morgan fingerprint density at radius 2 is 2.19 bits per heavy atom. The lowest BCUT2D eigenvalue weighted by Gasteiger charge is -2.17. The molecule has 9 nitrogen and oxygen atoms in total. The van der Waals surface area contributed by atoms with Crippen molar-refractivity contribution in [3.63, 3.8) is 0 Å². The Hall–Kier alpha value is -2.13. The fourth-order valence-corrected chi connectivity index (χ4v) is 1.66. The highest BCUT2D eigenvalue weighted by Crippen LogP contribution is 2.11. The fourth-order valence-electron chi connectivity index (χ4n) is 1.66. The van der Waals surface area contributed by atoms with Gasteiger partial charge in [-0.2, -0.15) is 5.10 Å². The molecule has 1 aromatic rings. The van der Waals surface area contributed by atoms with Crippen LogP contribution in [0.4, 0.5) is 4.79 Å². The van der Waals surface area contributed by atoms with Gasteiger partial charge in [0, 0.05) is 39.6 Å². The predicted molar refractivity (Wildman–Crippen MR) is 72.8 cm³/mol. The maximum atomic E-state index is 11.8. The van der Waals surface area contributed by atoms with Gasteiger partial charge in [-0.3, -0.25) is 4.68 Å². The molecule has 0 aromatic carbocycles. The van der Waals surface area contributed by atoms with Crippen molar-refractivity contribution in [3.8, 4) is 0 Å². The first-order valence-electron chi connectivity index (χ1n) is 6.25. The number of methoxy groups -OCH3 is 2. The molecule has 0 aliphatic carbocycles. The lowest BCUT2D eigenvalue weighted by atomic mass is 10.1. The molecular formula is C12H20N4O5. The molecule has 118 valence electrons. The van der Waals surface area contributed by atoms with E-state index < -0.39 is 18.0 Å². The Bertz CT molecular complexity index is 476. The number of hydrogen-bond donors (Lipinski definition) is 3. The second kappa shape index (κ2) is 8.22. The summed E-state index contributed by atoms with van der Waals surface area (Å²) in [6, 6.07) is -1.77. The Morgan fingerprint density at radius 3 is 2.67 bits per heavy atom. The highest BCUT2D eigenvalue weighted by atomic mass is 16.5. The number of hydrogen-bond acceptors (Lipinski definition) is 5. The van der Waals surface area contributed by atoms with Gasteiger partial charge in [0.25, 0.3) is 0 Å². The van der Waals surface area contributed by atoms with Crippen molar-refractivity contribution in [2.75, 3.05) is 27.4 Å². The zero-order valence-electron chi connectivity index (χ0n) is 12.2. The van der Waals surface area contributed by atoms with Crippen LogP contribution >= 0.6 is 0 Å².